The summed E-state index contributed by atoms with van der Waals surface area (Å²) in [4.78, 5) is 15.4. The minimum absolute atomic E-state index is 0.620. The van der Waals surface area contributed by atoms with Crippen LogP contribution in [0.15, 0.2) is 192 Å². The Kier molecular flexibility index (Phi) is 8.85. The molecule has 0 radical (unpaired) electrons. The molecular weight excluding hydrogens is 733 g/mol. The van der Waals surface area contributed by atoms with E-state index in [1.165, 1.54) is 34.7 Å². The van der Waals surface area contributed by atoms with Crippen LogP contribution in [0.4, 0.5) is 0 Å². The van der Waals surface area contributed by atoms with Gasteiger partial charge >= 0.3 is 0 Å². The van der Waals surface area contributed by atoms with Gasteiger partial charge in [0.15, 0.2) is 17.5 Å². The van der Waals surface area contributed by atoms with Crippen molar-refractivity contribution in [3.05, 3.63) is 194 Å². The van der Waals surface area contributed by atoms with E-state index in [0.717, 1.165) is 78.5 Å². The second-order valence-corrected chi connectivity index (χ2v) is 15.5. The maximum absolute atomic E-state index is 6.27. The molecular formula is C55H40N4O. The molecule has 3 aromatic heterocycles. The zero-order valence-corrected chi connectivity index (χ0v) is 33.2. The SMILES string of the molecule is CCCCc1ccc(-c2cccc(-c3nc(-c4ccccc4)nc(-c4cccc(-n5c6ccccc6c6cc(-c7cccc8oc9ccccc9c78)ccc65)c4)n3)c2)cc1. The second kappa shape index (κ2) is 14.9. The maximum atomic E-state index is 6.27. The monoisotopic (exact) mass is 772 g/mol. The van der Waals surface area contributed by atoms with Crippen molar-refractivity contribution in [1.29, 1.82) is 0 Å². The van der Waals surface area contributed by atoms with Gasteiger partial charge in [-0.25, -0.2) is 15.0 Å². The normalized spacial score (nSPS) is 11.6. The van der Waals surface area contributed by atoms with Crippen LogP contribution in [-0.2, 0) is 6.42 Å². The lowest BCUT2D eigenvalue weighted by molar-refractivity contribution is 0.669. The van der Waals surface area contributed by atoms with E-state index in [1.54, 1.807) is 0 Å². The fraction of sp³-hybridized carbons (Fsp3) is 0.0727. The number of aryl methyl sites for hydroxylation is 1. The Hall–Kier alpha value is -7.63. The molecule has 8 aromatic carbocycles. The first-order valence-electron chi connectivity index (χ1n) is 20.7. The molecule has 5 heteroatoms. The molecule has 0 fully saturated rings. The molecule has 0 amide bonds. The predicted octanol–water partition coefficient (Wildman–Crippen LogP) is 14.5. The van der Waals surface area contributed by atoms with Gasteiger partial charge in [0.25, 0.3) is 0 Å². The summed E-state index contributed by atoms with van der Waals surface area (Å²) in [6, 6.07) is 66.3. The number of hydrogen-bond donors (Lipinski definition) is 0. The molecule has 0 spiro atoms. The molecule has 0 bridgehead atoms. The number of rotatable bonds is 9. The van der Waals surface area contributed by atoms with Crippen molar-refractivity contribution in [3.8, 4) is 62.1 Å². The van der Waals surface area contributed by atoms with Gasteiger partial charge in [-0.3, -0.25) is 0 Å². The Morgan fingerprint density at radius 2 is 1.05 bits per heavy atom. The van der Waals surface area contributed by atoms with Crippen LogP contribution in [0.1, 0.15) is 25.3 Å². The van der Waals surface area contributed by atoms with Gasteiger partial charge in [-0.05, 0) is 89.2 Å². The number of unbranched alkanes of at least 4 members (excludes halogenated alkanes) is 1. The van der Waals surface area contributed by atoms with Gasteiger partial charge in [-0.2, -0.15) is 0 Å². The van der Waals surface area contributed by atoms with Crippen LogP contribution in [-0.4, -0.2) is 19.5 Å². The number of furan rings is 1. The van der Waals surface area contributed by atoms with Crippen molar-refractivity contribution >= 4 is 43.7 Å². The molecule has 11 rings (SSSR count). The second-order valence-electron chi connectivity index (χ2n) is 15.5. The summed E-state index contributed by atoms with van der Waals surface area (Å²) >= 11 is 0. The molecule has 5 nitrogen and oxygen atoms in total. The summed E-state index contributed by atoms with van der Waals surface area (Å²) in [5.41, 5.74) is 13.8. The van der Waals surface area contributed by atoms with Gasteiger partial charge < -0.3 is 8.98 Å². The van der Waals surface area contributed by atoms with E-state index in [2.05, 4.69) is 169 Å². The van der Waals surface area contributed by atoms with Crippen molar-refractivity contribution in [2.45, 2.75) is 26.2 Å². The molecule has 0 unspecified atom stereocenters. The molecule has 286 valence electrons. The van der Waals surface area contributed by atoms with Crippen LogP contribution in [0, 0.1) is 0 Å². The van der Waals surface area contributed by atoms with Crippen molar-refractivity contribution in [2.75, 3.05) is 0 Å². The smallest absolute Gasteiger partial charge is 0.164 e. The van der Waals surface area contributed by atoms with Crippen LogP contribution in [0.3, 0.4) is 0 Å². The van der Waals surface area contributed by atoms with Crippen molar-refractivity contribution in [3.63, 3.8) is 0 Å². The molecule has 3 heterocycles. The Bertz CT molecular complexity index is 3360. The minimum atomic E-state index is 0.620. The Morgan fingerprint density at radius 3 is 1.87 bits per heavy atom. The quantitative estimate of drug-likeness (QED) is 0.147. The molecule has 0 aliphatic carbocycles. The molecule has 0 N–H and O–H groups in total. The van der Waals surface area contributed by atoms with Gasteiger partial charge in [-0.1, -0.05) is 153 Å². The van der Waals surface area contributed by atoms with Crippen molar-refractivity contribution in [2.24, 2.45) is 0 Å². The molecule has 0 aliphatic rings. The summed E-state index contributed by atoms with van der Waals surface area (Å²) < 4.78 is 8.62. The lowest BCUT2D eigenvalue weighted by Crippen LogP contribution is -2.01. The Labute approximate surface area is 348 Å². The van der Waals surface area contributed by atoms with E-state index in [-0.39, 0.29) is 0 Å². The molecule has 0 atom stereocenters. The van der Waals surface area contributed by atoms with E-state index in [9.17, 15) is 0 Å². The largest absolute Gasteiger partial charge is 0.456 e. The fourth-order valence-corrected chi connectivity index (χ4v) is 8.65. The molecule has 0 saturated carbocycles. The highest BCUT2D eigenvalue weighted by molar-refractivity contribution is 6.15. The molecule has 11 aromatic rings. The zero-order chi connectivity index (χ0) is 40.0. The van der Waals surface area contributed by atoms with E-state index in [4.69, 9.17) is 19.4 Å². The van der Waals surface area contributed by atoms with E-state index in [1.807, 2.05) is 30.3 Å². The lowest BCUT2D eigenvalue weighted by atomic mass is 9.98. The minimum Gasteiger partial charge on any atom is -0.456 e. The number of benzene rings is 8. The van der Waals surface area contributed by atoms with Crippen molar-refractivity contribution in [1.82, 2.24) is 19.5 Å². The zero-order valence-electron chi connectivity index (χ0n) is 33.2. The van der Waals surface area contributed by atoms with Crippen LogP contribution >= 0.6 is 0 Å². The van der Waals surface area contributed by atoms with Gasteiger partial charge in [-0.15, -0.1) is 0 Å². The standard InChI is InChI=1S/C55H40N4O/c1-2-3-14-36-27-29-37(30-28-36)39-17-11-18-41(33-39)54-56-53(38-15-5-4-6-16-38)57-55(58-54)42-19-12-20-43(34-42)59-48-24-9-7-21-45(48)47-35-40(31-32-49(47)59)44-23-13-26-51-52(44)46-22-8-10-25-50(46)60-51/h4-13,15-35H,2-3,14H2,1H3. The van der Waals surface area contributed by atoms with Gasteiger partial charge in [0, 0.05) is 43.9 Å². The van der Waals surface area contributed by atoms with Crippen LogP contribution in [0.2, 0.25) is 0 Å². The van der Waals surface area contributed by atoms with Gasteiger partial charge in [0.05, 0.1) is 11.0 Å². The summed E-state index contributed by atoms with van der Waals surface area (Å²) in [5.74, 6) is 1.89. The predicted molar refractivity (Wildman–Crippen MR) is 247 cm³/mol. The number of fused-ring (bicyclic) bond motifs is 6. The lowest BCUT2D eigenvalue weighted by Gasteiger charge is -2.12. The van der Waals surface area contributed by atoms with Crippen LogP contribution in [0.5, 0.6) is 0 Å². The third-order valence-electron chi connectivity index (χ3n) is 11.6. The van der Waals surface area contributed by atoms with E-state index in [0.29, 0.717) is 17.5 Å². The topological polar surface area (TPSA) is 56.7 Å². The summed E-state index contributed by atoms with van der Waals surface area (Å²) in [7, 11) is 0. The highest BCUT2D eigenvalue weighted by Crippen LogP contribution is 2.40. The summed E-state index contributed by atoms with van der Waals surface area (Å²) in [6.45, 7) is 2.24. The average molecular weight is 773 g/mol. The highest BCUT2D eigenvalue weighted by Gasteiger charge is 2.18. The van der Waals surface area contributed by atoms with E-state index >= 15 is 0 Å². The molecule has 60 heavy (non-hydrogen) atoms. The fourth-order valence-electron chi connectivity index (χ4n) is 8.65. The molecule has 0 aliphatic heterocycles. The van der Waals surface area contributed by atoms with Crippen LogP contribution in [0.25, 0.3) is 106 Å². The summed E-state index contributed by atoms with van der Waals surface area (Å²) in [6.07, 6.45) is 3.50. The van der Waals surface area contributed by atoms with Crippen LogP contribution < -0.4 is 0 Å². The number of aromatic nitrogens is 4. The number of para-hydroxylation sites is 2. The third kappa shape index (κ3) is 6.32. The van der Waals surface area contributed by atoms with Gasteiger partial charge in [0.2, 0.25) is 0 Å². The average Bonchev–Trinajstić information content (AvgIpc) is 3.87. The van der Waals surface area contributed by atoms with Gasteiger partial charge in [0.1, 0.15) is 11.2 Å². The van der Waals surface area contributed by atoms with Crippen molar-refractivity contribution < 1.29 is 4.42 Å². The van der Waals surface area contributed by atoms with E-state index < -0.39 is 0 Å². The maximum Gasteiger partial charge on any atom is 0.164 e. The third-order valence-corrected chi connectivity index (χ3v) is 11.6. The Morgan fingerprint density at radius 1 is 0.433 bits per heavy atom. The highest BCUT2D eigenvalue weighted by atomic mass is 16.3. The molecule has 0 saturated heterocycles. The number of nitrogens with zero attached hydrogens (tertiary/aromatic N) is 4. The Balaban J connectivity index is 1.02. The summed E-state index contributed by atoms with van der Waals surface area (Å²) in [5, 5.41) is 4.63. The number of hydrogen-bond acceptors (Lipinski definition) is 4. The first-order chi connectivity index (χ1) is 29.7. The first kappa shape index (κ1) is 35.5. The first-order valence-corrected chi connectivity index (χ1v) is 20.7.